The topological polar surface area (TPSA) is 43.1 Å². The van der Waals surface area contributed by atoms with E-state index >= 15 is 0 Å². The summed E-state index contributed by atoms with van der Waals surface area (Å²) in [5.74, 6) is 1.62. The van der Waals surface area contributed by atoms with Crippen LogP contribution in [0.15, 0.2) is 22.7 Å². The second kappa shape index (κ2) is 5.43. The van der Waals surface area contributed by atoms with Crippen LogP contribution >= 0.6 is 15.9 Å². The average molecular weight is 310 g/mol. The number of rotatable bonds is 2. The molecule has 0 saturated heterocycles. The largest absolute Gasteiger partial charge is 0.398 e. The first-order valence-corrected chi connectivity index (χ1v) is 7.36. The van der Waals surface area contributed by atoms with Crippen LogP contribution in [0.5, 0.6) is 0 Å². The standard InChI is InChI=1S/C15H20BrNO/c1-9-5-10(2)7-11(6-9)15(18)13-8-12(16)3-4-14(13)17/h3-4,8-11H,5-7,17H2,1-2H3. The lowest BCUT2D eigenvalue weighted by atomic mass is 9.74. The van der Waals surface area contributed by atoms with Crippen LogP contribution in [0, 0.1) is 17.8 Å². The number of nitrogens with two attached hydrogens (primary N) is 1. The number of anilines is 1. The molecule has 1 aromatic rings. The van der Waals surface area contributed by atoms with E-state index in [2.05, 4.69) is 29.8 Å². The third kappa shape index (κ3) is 2.94. The molecule has 1 fully saturated rings. The van der Waals surface area contributed by atoms with Crippen LogP contribution in [0.4, 0.5) is 5.69 Å². The van der Waals surface area contributed by atoms with Crippen molar-refractivity contribution in [1.82, 2.24) is 0 Å². The van der Waals surface area contributed by atoms with Crippen LogP contribution in [0.25, 0.3) is 0 Å². The number of hydrogen-bond donors (Lipinski definition) is 1. The van der Waals surface area contributed by atoms with Gasteiger partial charge in [-0.3, -0.25) is 4.79 Å². The minimum atomic E-state index is 0.139. The summed E-state index contributed by atoms with van der Waals surface area (Å²) in [5.41, 5.74) is 7.19. The van der Waals surface area contributed by atoms with Crippen molar-refractivity contribution in [3.05, 3.63) is 28.2 Å². The molecule has 2 N–H and O–H groups in total. The van der Waals surface area contributed by atoms with Crippen LogP contribution in [0.2, 0.25) is 0 Å². The molecule has 1 aromatic carbocycles. The number of carbonyl (C=O) groups is 1. The fraction of sp³-hybridized carbons (Fsp3) is 0.533. The summed E-state index contributed by atoms with van der Waals surface area (Å²) < 4.78 is 0.914. The first-order valence-electron chi connectivity index (χ1n) is 6.56. The molecule has 18 heavy (non-hydrogen) atoms. The van der Waals surface area contributed by atoms with Crippen molar-refractivity contribution in [3.63, 3.8) is 0 Å². The van der Waals surface area contributed by atoms with E-state index in [1.165, 1.54) is 6.42 Å². The highest BCUT2D eigenvalue weighted by Gasteiger charge is 2.30. The first kappa shape index (κ1) is 13.6. The summed E-state index contributed by atoms with van der Waals surface area (Å²) in [5, 5.41) is 0. The van der Waals surface area contributed by atoms with Gasteiger partial charge >= 0.3 is 0 Å². The van der Waals surface area contributed by atoms with E-state index in [0.717, 1.165) is 17.3 Å². The van der Waals surface area contributed by atoms with Crippen molar-refractivity contribution in [2.24, 2.45) is 17.8 Å². The molecule has 0 heterocycles. The Labute approximate surface area is 117 Å². The van der Waals surface area contributed by atoms with Crippen LogP contribution in [0.1, 0.15) is 43.5 Å². The van der Waals surface area contributed by atoms with Crippen molar-refractivity contribution in [2.75, 3.05) is 5.73 Å². The van der Waals surface area contributed by atoms with Crippen molar-refractivity contribution < 1.29 is 4.79 Å². The van der Waals surface area contributed by atoms with E-state index in [9.17, 15) is 4.79 Å². The number of hydrogen-bond acceptors (Lipinski definition) is 2. The molecule has 2 atom stereocenters. The lowest BCUT2D eigenvalue weighted by molar-refractivity contribution is 0.0837. The molecule has 2 rings (SSSR count). The van der Waals surface area contributed by atoms with Gasteiger partial charge < -0.3 is 5.73 Å². The normalized spacial score (nSPS) is 28.1. The SMILES string of the molecule is CC1CC(C)CC(C(=O)c2cc(Br)ccc2N)C1. The number of ketones is 1. The molecule has 2 nitrogen and oxygen atoms in total. The summed E-state index contributed by atoms with van der Waals surface area (Å²) in [6.45, 7) is 4.47. The van der Waals surface area contributed by atoms with Crippen LogP contribution in [-0.4, -0.2) is 5.78 Å². The molecule has 2 unspecified atom stereocenters. The molecule has 0 aliphatic heterocycles. The molecule has 1 saturated carbocycles. The predicted molar refractivity (Wildman–Crippen MR) is 78.6 cm³/mol. The fourth-order valence-electron chi connectivity index (χ4n) is 3.12. The zero-order chi connectivity index (χ0) is 13.3. The Hall–Kier alpha value is -0.830. The number of halogens is 1. The summed E-state index contributed by atoms with van der Waals surface area (Å²) in [4.78, 5) is 12.6. The molecule has 0 spiro atoms. The predicted octanol–water partition coefficient (Wildman–Crippen LogP) is 4.29. The van der Waals surface area contributed by atoms with Crippen LogP contribution in [0.3, 0.4) is 0 Å². The third-order valence-corrected chi connectivity index (χ3v) is 4.32. The van der Waals surface area contributed by atoms with Gasteiger partial charge in [-0.25, -0.2) is 0 Å². The summed E-state index contributed by atoms with van der Waals surface area (Å²) >= 11 is 3.40. The van der Waals surface area contributed by atoms with Crippen molar-refractivity contribution in [3.8, 4) is 0 Å². The van der Waals surface area contributed by atoms with Crippen molar-refractivity contribution in [2.45, 2.75) is 33.1 Å². The quantitative estimate of drug-likeness (QED) is 0.654. The molecular formula is C15H20BrNO. The number of Topliss-reactive ketones (excluding diaryl/α,β-unsaturated/α-hetero) is 1. The van der Waals surface area contributed by atoms with E-state index in [4.69, 9.17) is 5.73 Å². The molecule has 0 bridgehead atoms. The van der Waals surface area contributed by atoms with Gasteiger partial charge in [-0.1, -0.05) is 29.8 Å². The summed E-state index contributed by atoms with van der Waals surface area (Å²) in [7, 11) is 0. The monoisotopic (exact) mass is 309 g/mol. The highest BCUT2D eigenvalue weighted by molar-refractivity contribution is 9.10. The Morgan fingerprint density at radius 3 is 2.44 bits per heavy atom. The van der Waals surface area contributed by atoms with E-state index in [-0.39, 0.29) is 11.7 Å². The van der Waals surface area contributed by atoms with E-state index < -0.39 is 0 Å². The molecule has 98 valence electrons. The minimum absolute atomic E-state index is 0.139. The third-order valence-electron chi connectivity index (χ3n) is 3.83. The highest BCUT2D eigenvalue weighted by Crippen LogP contribution is 2.35. The van der Waals surface area contributed by atoms with Gasteiger partial charge in [-0.05, 0) is 49.3 Å². The smallest absolute Gasteiger partial charge is 0.168 e. The Morgan fingerprint density at radius 1 is 1.22 bits per heavy atom. The van der Waals surface area contributed by atoms with Crippen LogP contribution in [-0.2, 0) is 0 Å². The maximum absolute atomic E-state index is 12.6. The zero-order valence-corrected chi connectivity index (χ0v) is 12.5. The van der Waals surface area contributed by atoms with Gasteiger partial charge in [0, 0.05) is 21.6 Å². The van der Waals surface area contributed by atoms with E-state index in [1.807, 2.05) is 12.1 Å². The molecule has 0 aromatic heterocycles. The molecule has 1 aliphatic rings. The summed E-state index contributed by atoms with van der Waals surface area (Å²) in [6, 6.07) is 5.52. The van der Waals surface area contributed by atoms with Gasteiger partial charge in [0.25, 0.3) is 0 Å². The zero-order valence-electron chi connectivity index (χ0n) is 10.9. The lowest BCUT2D eigenvalue weighted by Gasteiger charge is -2.30. The Bertz CT molecular complexity index is 448. The molecule has 0 amide bonds. The van der Waals surface area contributed by atoms with Gasteiger partial charge in [-0.2, -0.15) is 0 Å². The molecule has 3 heteroatoms. The number of benzene rings is 1. The van der Waals surface area contributed by atoms with Gasteiger partial charge in [0.2, 0.25) is 0 Å². The minimum Gasteiger partial charge on any atom is -0.398 e. The number of carbonyl (C=O) groups excluding carboxylic acids is 1. The highest BCUT2D eigenvalue weighted by atomic mass is 79.9. The van der Waals surface area contributed by atoms with Crippen LogP contribution < -0.4 is 5.73 Å². The van der Waals surface area contributed by atoms with E-state index in [1.54, 1.807) is 6.07 Å². The second-order valence-corrected chi connectivity index (χ2v) is 6.63. The van der Waals surface area contributed by atoms with Crippen molar-refractivity contribution in [1.29, 1.82) is 0 Å². The lowest BCUT2D eigenvalue weighted by Crippen LogP contribution is -2.26. The van der Waals surface area contributed by atoms with Gasteiger partial charge in [0.1, 0.15) is 0 Å². The van der Waals surface area contributed by atoms with E-state index in [0.29, 0.717) is 23.1 Å². The fourth-order valence-corrected chi connectivity index (χ4v) is 3.48. The maximum Gasteiger partial charge on any atom is 0.168 e. The Balaban J connectivity index is 2.22. The summed E-state index contributed by atoms with van der Waals surface area (Å²) in [6.07, 6.45) is 3.22. The van der Waals surface area contributed by atoms with Gasteiger partial charge in [-0.15, -0.1) is 0 Å². The Kier molecular flexibility index (Phi) is 4.10. The maximum atomic E-state index is 12.6. The molecular weight excluding hydrogens is 290 g/mol. The second-order valence-electron chi connectivity index (χ2n) is 5.71. The molecule has 0 radical (unpaired) electrons. The van der Waals surface area contributed by atoms with Gasteiger partial charge in [0.05, 0.1) is 0 Å². The molecule has 1 aliphatic carbocycles. The van der Waals surface area contributed by atoms with Crippen molar-refractivity contribution >= 4 is 27.4 Å². The van der Waals surface area contributed by atoms with Gasteiger partial charge in [0.15, 0.2) is 5.78 Å². The Morgan fingerprint density at radius 2 is 1.83 bits per heavy atom. The first-order chi connectivity index (χ1) is 8.47. The number of nitrogen functional groups attached to an aromatic ring is 1. The average Bonchev–Trinajstić information content (AvgIpc) is 2.30.